The monoisotopic (exact) mass is 234 g/mol. The van der Waals surface area contributed by atoms with Crippen molar-refractivity contribution in [3.05, 3.63) is 0 Å². The Labute approximate surface area is 95.7 Å². The number of rotatable bonds is 7. The number of hydrogen-bond acceptors (Lipinski definition) is 2. The average Bonchev–Trinajstić information content (AvgIpc) is 2.18. The van der Waals surface area contributed by atoms with Crippen LogP contribution < -0.4 is 10.6 Å². The molecule has 0 aromatic heterocycles. The van der Waals surface area contributed by atoms with Crippen molar-refractivity contribution in [1.29, 1.82) is 0 Å². The van der Waals surface area contributed by atoms with Gasteiger partial charge in [-0.15, -0.1) is 11.6 Å². The van der Waals surface area contributed by atoms with Crippen LogP contribution in [0, 0.1) is 0 Å². The largest absolute Gasteiger partial charge is 0.356 e. The summed E-state index contributed by atoms with van der Waals surface area (Å²) in [5.41, 5.74) is 0. The molecule has 0 aromatic carbocycles. The lowest BCUT2D eigenvalue weighted by molar-refractivity contribution is -0.122. The van der Waals surface area contributed by atoms with Crippen molar-refractivity contribution in [2.75, 3.05) is 12.4 Å². The van der Waals surface area contributed by atoms with Crippen LogP contribution in [-0.2, 0) is 9.59 Å². The van der Waals surface area contributed by atoms with E-state index < -0.39 is 0 Å². The van der Waals surface area contributed by atoms with E-state index in [1.165, 1.54) is 0 Å². The van der Waals surface area contributed by atoms with E-state index in [4.69, 9.17) is 11.6 Å². The second-order valence-electron chi connectivity index (χ2n) is 3.42. The molecule has 5 heteroatoms. The fourth-order valence-corrected chi connectivity index (χ4v) is 1.11. The summed E-state index contributed by atoms with van der Waals surface area (Å²) >= 11 is 5.39. The third-order valence-corrected chi connectivity index (χ3v) is 2.20. The van der Waals surface area contributed by atoms with Crippen molar-refractivity contribution < 1.29 is 9.59 Å². The highest BCUT2D eigenvalue weighted by molar-refractivity contribution is 6.18. The van der Waals surface area contributed by atoms with E-state index in [0.29, 0.717) is 25.3 Å². The molecule has 88 valence electrons. The molecule has 0 fully saturated rings. The van der Waals surface area contributed by atoms with Crippen LogP contribution >= 0.6 is 11.6 Å². The Morgan fingerprint density at radius 3 is 2.47 bits per heavy atom. The molecule has 4 nitrogen and oxygen atoms in total. The van der Waals surface area contributed by atoms with E-state index in [1.807, 2.05) is 13.8 Å². The lowest BCUT2D eigenvalue weighted by Crippen LogP contribution is -2.35. The van der Waals surface area contributed by atoms with Gasteiger partial charge in [0.1, 0.15) is 0 Å². The van der Waals surface area contributed by atoms with Crippen molar-refractivity contribution in [3.8, 4) is 0 Å². The first kappa shape index (κ1) is 14.2. The van der Waals surface area contributed by atoms with E-state index >= 15 is 0 Å². The molecule has 0 radical (unpaired) electrons. The molecule has 0 saturated carbocycles. The number of alkyl halides is 1. The van der Waals surface area contributed by atoms with E-state index in [-0.39, 0.29) is 17.9 Å². The molecule has 0 aliphatic carbocycles. The number of carbonyl (C=O) groups is 2. The fourth-order valence-electron chi connectivity index (χ4n) is 0.939. The summed E-state index contributed by atoms with van der Waals surface area (Å²) in [5.74, 6) is 0.169. The van der Waals surface area contributed by atoms with Gasteiger partial charge in [0.15, 0.2) is 0 Å². The Kier molecular flexibility index (Phi) is 8.09. The highest BCUT2D eigenvalue weighted by Crippen LogP contribution is 1.89. The summed E-state index contributed by atoms with van der Waals surface area (Å²) in [7, 11) is 0. The van der Waals surface area contributed by atoms with E-state index in [2.05, 4.69) is 10.6 Å². The summed E-state index contributed by atoms with van der Waals surface area (Å²) in [4.78, 5) is 22.2. The summed E-state index contributed by atoms with van der Waals surface area (Å²) in [5, 5.41) is 5.44. The van der Waals surface area contributed by atoms with Gasteiger partial charge in [-0.2, -0.15) is 0 Å². The quantitative estimate of drug-likeness (QED) is 0.647. The Balaban J connectivity index is 3.50. The zero-order valence-corrected chi connectivity index (χ0v) is 10.1. The van der Waals surface area contributed by atoms with Crippen LogP contribution in [0.1, 0.15) is 33.1 Å². The van der Waals surface area contributed by atoms with Gasteiger partial charge in [-0.1, -0.05) is 6.92 Å². The summed E-state index contributed by atoms with van der Waals surface area (Å²) in [6.07, 6.45) is 1.53. The van der Waals surface area contributed by atoms with E-state index in [9.17, 15) is 9.59 Å². The van der Waals surface area contributed by atoms with Crippen molar-refractivity contribution in [1.82, 2.24) is 10.6 Å². The minimum absolute atomic E-state index is 0.0319. The second-order valence-corrected chi connectivity index (χ2v) is 3.79. The lowest BCUT2D eigenvalue weighted by atomic mass is 10.2. The molecule has 0 saturated heterocycles. The molecule has 0 aliphatic heterocycles. The van der Waals surface area contributed by atoms with Gasteiger partial charge < -0.3 is 10.6 Å². The fraction of sp³-hybridized carbons (Fsp3) is 0.800. The summed E-state index contributed by atoms with van der Waals surface area (Å²) < 4.78 is 0. The van der Waals surface area contributed by atoms with Crippen molar-refractivity contribution in [2.24, 2.45) is 0 Å². The minimum atomic E-state index is -0.110. The van der Waals surface area contributed by atoms with Gasteiger partial charge in [0, 0.05) is 31.3 Å². The van der Waals surface area contributed by atoms with Gasteiger partial charge in [-0.3, -0.25) is 9.59 Å². The van der Waals surface area contributed by atoms with Crippen molar-refractivity contribution in [3.63, 3.8) is 0 Å². The highest BCUT2D eigenvalue weighted by Gasteiger charge is 2.05. The Morgan fingerprint density at radius 2 is 1.93 bits per heavy atom. The molecule has 0 spiro atoms. The molecule has 15 heavy (non-hydrogen) atoms. The van der Waals surface area contributed by atoms with Crippen LogP contribution in [0.3, 0.4) is 0 Å². The van der Waals surface area contributed by atoms with Crippen LogP contribution in [0.5, 0.6) is 0 Å². The first-order valence-corrected chi connectivity index (χ1v) is 5.75. The molecule has 1 unspecified atom stereocenters. The summed E-state index contributed by atoms with van der Waals surface area (Å²) in [6.45, 7) is 4.33. The third-order valence-electron chi connectivity index (χ3n) is 2.02. The zero-order valence-electron chi connectivity index (χ0n) is 9.31. The zero-order chi connectivity index (χ0) is 11.7. The molecular formula is C10H19ClN2O2. The molecule has 0 rings (SSSR count). The molecule has 0 aliphatic rings. The topological polar surface area (TPSA) is 58.2 Å². The maximum atomic E-state index is 11.3. The Bertz CT molecular complexity index is 210. The lowest BCUT2D eigenvalue weighted by Gasteiger charge is -2.11. The van der Waals surface area contributed by atoms with E-state index in [1.54, 1.807) is 0 Å². The maximum Gasteiger partial charge on any atom is 0.221 e. The normalized spacial score (nSPS) is 11.9. The van der Waals surface area contributed by atoms with Crippen molar-refractivity contribution in [2.45, 2.75) is 39.2 Å². The highest BCUT2D eigenvalue weighted by atomic mass is 35.5. The minimum Gasteiger partial charge on any atom is -0.356 e. The second kappa shape index (κ2) is 8.53. The molecule has 0 aromatic rings. The summed E-state index contributed by atoms with van der Waals surface area (Å²) in [6, 6.07) is 0.191. The first-order chi connectivity index (χ1) is 7.10. The first-order valence-electron chi connectivity index (χ1n) is 5.22. The number of carbonyl (C=O) groups excluding carboxylic acids is 2. The van der Waals surface area contributed by atoms with Crippen LogP contribution in [0.25, 0.3) is 0 Å². The van der Waals surface area contributed by atoms with Crippen molar-refractivity contribution >= 4 is 23.4 Å². The Morgan fingerprint density at radius 1 is 1.27 bits per heavy atom. The molecule has 2 N–H and O–H groups in total. The third kappa shape index (κ3) is 8.24. The predicted molar refractivity (Wildman–Crippen MR) is 60.9 cm³/mol. The van der Waals surface area contributed by atoms with Gasteiger partial charge in [0.25, 0.3) is 0 Å². The van der Waals surface area contributed by atoms with Gasteiger partial charge in [0.2, 0.25) is 11.8 Å². The predicted octanol–water partition coefficient (Wildman–Crippen LogP) is 1.04. The van der Waals surface area contributed by atoms with Gasteiger partial charge in [-0.25, -0.2) is 0 Å². The SMILES string of the molecule is CCC(C)NC(=O)CCNC(=O)CCCl. The number of hydrogen-bond donors (Lipinski definition) is 2. The smallest absolute Gasteiger partial charge is 0.221 e. The molecule has 2 amide bonds. The number of amides is 2. The molecule has 0 heterocycles. The van der Waals surface area contributed by atoms with Crippen LogP contribution in [0.4, 0.5) is 0 Å². The number of halogens is 1. The van der Waals surface area contributed by atoms with Crippen LogP contribution in [0.2, 0.25) is 0 Å². The number of nitrogens with one attached hydrogen (secondary N) is 2. The van der Waals surface area contributed by atoms with Gasteiger partial charge in [-0.05, 0) is 13.3 Å². The van der Waals surface area contributed by atoms with Crippen LogP contribution in [0.15, 0.2) is 0 Å². The van der Waals surface area contributed by atoms with Crippen LogP contribution in [-0.4, -0.2) is 30.3 Å². The van der Waals surface area contributed by atoms with Gasteiger partial charge in [0.05, 0.1) is 0 Å². The maximum absolute atomic E-state index is 11.3. The van der Waals surface area contributed by atoms with Gasteiger partial charge >= 0.3 is 0 Å². The average molecular weight is 235 g/mol. The Hall–Kier alpha value is -0.770. The van der Waals surface area contributed by atoms with E-state index in [0.717, 1.165) is 6.42 Å². The molecular weight excluding hydrogens is 216 g/mol. The molecule has 0 bridgehead atoms. The molecule has 1 atom stereocenters. The standard InChI is InChI=1S/C10H19ClN2O2/c1-3-8(2)13-10(15)5-7-12-9(14)4-6-11/h8H,3-7H2,1-2H3,(H,12,14)(H,13,15).